The molecule has 0 amide bonds. The van der Waals surface area contributed by atoms with Crippen molar-refractivity contribution < 1.29 is 9.84 Å². The number of nitrogens with zero attached hydrogens (tertiary/aromatic N) is 4. The zero-order valence-electron chi connectivity index (χ0n) is 12.4. The molecule has 0 aliphatic heterocycles. The molecule has 22 heavy (non-hydrogen) atoms. The third kappa shape index (κ3) is 3.61. The lowest BCUT2D eigenvalue weighted by Gasteiger charge is -2.26. The van der Waals surface area contributed by atoms with Crippen LogP contribution in [0.5, 0.6) is 0 Å². The summed E-state index contributed by atoms with van der Waals surface area (Å²) in [6, 6.07) is 3.47. The van der Waals surface area contributed by atoms with E-state index in [2.05, 4.69) is 15.3 Å². The molecule has 0 saturated heterocycles. The SMILES string of the molecule is Nc1ccnc(-n2cc(COC3CCC(CO)CC3)nn2)c1. The van der Waals surface area contributed by atoms with Crippen LogP contribution in [-0.4, -0.2) is 37.8 Å². The Kier molecular flexibility index (Phi) is 4.65. The summed E-state index contributed by atoms with van der Waals surface area (Å²) in [7, 11) is 0. The van der Waals surface area contributed by atoms with Crippen molar-refractivity contribution in [1.29, 1.82) is 0 Å². The molecule has 1 aliphatic rings. The number of nitrogen functional groups attached to an aromatic ring is 1. The van der Waals surface area contributed by atoms with Crippen LogP contribution >= 0.6 is 0 Å². The van der Waals surface area contributed by atoms with Crippen molar-refractivity contribution in [1.82, 2.24) is 20.0 Å². The fourth-order valence-electron chi connectivity index (χ4n) is 2.72. The van der Waals surface area contributed by atoms with Crippen LogP contribution < -0.4 is 5.73 Å². The van der Waals surface area contributed by atoms with E-state index in [9.17, 15) is 0 Å². The van der Waals surface area contributed by atoms with E-state index in [0.717, 1.165) is 31.4 Å². The van der Waals surface area contributed by atoms with Crippen LogP contribution in [0.3, 0.4) is 0 Å². The molecule has 2 aromatic rings. The number of rotatable bonds is 5. The highest BCUT2D eigenvalue weighted by atomic mass is 16.5. The summed E-state index contributed by atoms with van der Waals surface area (Å²) in [5.41, 5.74) is 7.15. The number of pyridine rings is 1. The summed E-state index contributed by atoms with van der Waals surface area (Å²) >= 11 is 0. The van der Waals surface area contributed by atoms with E-state index < -0.39 is 0 Å². The van der Waals surface area contributed by atoms with Crippen LogP contribution in [0, 0.1) is 5.92 Å². The molecule has 0 unspecified atom stereocenters. The number of aliphatic hydroxyl groups excluding tert-OH is 1. The Hall–Kier alpha value is -1.99. The van der Waals surface area contributed by atoms with Crippen LogP contribution in [0.25, 0.3) is 5.82 Å². The van der Waals surface area contributed by atoms with Gasteiger partial charge in [0, 0.05) is 24.6 Å². The molecule has 1 saturated carbocycles. The fraction of sp³-hybridized carbons (Fsp3) is 0.533. The topological polar surface area (TPSA) is 99.1 Å². The Morgan fingerprint density at radius 1 is 1.32 bits per heavy atom. The van der Waals surface area contributed by atoms with Crippen LogP contribution in [0.15, 0.2) is 24.5 Å². The molecule has 2 heterocycles. The lowest BCUT2D eigenvalue weighted by Crippen LogP contribution is -2.23. The summed E-state index contributed by atoms with van der Waals surface area (Å²) in [5, 5.41) is 17.3. The third-order valence-electron chi connectivity index (χ3n) is 4.06. The maximum absolute atomic E-state index is 9.14. The number of aromatic nitrogens is 4. The zero-order chi connectivity index (χ0) is 15.4. The van der Waals surface area contributed by atoms with Crippen molar-refractivity contribution in [2.24, 2.45) is 5.92 Å². The van der Waals surface area contributed by atoms with Crippen molar-refractivity contribution in [2.45, 2.75) is 38.4 Å². The number of hydrogen-bond acceptors (Lipinski definition) is 6. The van der Waals surface area contributed by atoms with Crippen molar-refractivity contribution >= 4 is 5.69 Å². The molecule has 0 atom stereocenters. The predicted molar refractivity (Wildman–Crippen MR) is 81.2 cm³/mol. The normalized spacial score (nSPS) is 21.9. The summed E-state index contributed by atoms with van der Waals surface area (Å²) in [6.07, 6.45) is 7.75. The molecule has 3 rings (SSSR count). The number of hydrogen-bond donors (Lipinski definition) is 2. The Bertz CT molecular complexity index is 607. The van der Waals surface area contributed by atoms with Gasteiger partial charge in [-0.25, -0.2) is 9.67 Å². The van der Waals surface area contributed by atoms with Crippen LogP contribution in [0.2, 0.25) is 0 Å². The molecule has 1 aliphatic carbocycles. The summed E-state index contributed by atoms with van der Waals surface area (Å²) in [6.45, 7) is 0.727. The summed E-state index contributed by atoms with van der Waals surface area (Å²) in [5.74, 6) is 1.08. The van der Waals surface area contributed by atoms with Gasteiger partial charge in [-0.3, -0.25) is 0 Å². The van der Waals surface area contributed by atoms with E-state index in [-0.39, 0.29) is 12.7 Å². The molecule has 0 radical (unpaired) electrons. The first kappa shape index (κ1) is 14.9. The molecular weight excluding hydrogens is 282 g/mol. The van der Waals surface area contributed by atoms with Crippen LogP contribution in [-0.2, 0) is 11.3 Å². The maximum Gasteiger partial charge on any atom is 0.157 e. The second kappa shape index (κ2) is 6.85. The van der Waals surface area contributed by atoms with E-state index >= 15 is 0 Å². The number of nitrogens with two attached hydrogens (primary N) is 1. The minimum Gasteiger partial charge on any atom is -0.399 e. The first-order valence-electron chi connectivity index (χ1n) is 7.60. The molecule has 0 aromatic carbocycles. The van der Waals surface area contributed by atoms with E-state index in [1.165, 1.54) is 0 Å². The fourth-order valence-corrected chi connectivity index (χ4v) is 2.72. The Morgan fingerprint density at radius 3 is 2.86 bits per heavy atom. The van der Waals surface area contributed by atoms with Crippen molar-refractivity contribution in [2.75, 3.05) is 12.3 Å². The van der Waals surface area contributed by atoms with Gasteiger partial charge in [0.15, 0.2) is 5.82 Å². The minimum absolute atomic E-state index is 0.249. The minimum atomic E-state index is 0.249. The van der Waals surface area contributed by atoms with Gasteiger partial charge in [0.05, 0.1) is 18.9 Å². The Labute approximate surface area is 129 Å². The smallest absolute Gasteiger partial charge is 0.157 e. The van der Waals surface area contributed by atoms with Gasteiger partial charge in [-0.05, 0) is 37.7 Å². The standard InChI is InChI=1S/C15H21N5O2/c16-12-5-6-17-15(7-12)20-8-13(18-19-20)10-22-14-3-1-11(9-21)2-4-14/h5-8,11,14,21H,1-4,9-10H2,(H2,16,17). The van der Waals surface area contributed by atoms with Crippen LogP contribution in [0.1, 0.15) is 31.4 Å². The van der Waals surface area contributed by atoms with Gasteiger partial charge in [0.1, 0.15) is 5.69 Å². The van der Waals surface area contributed by atoms with E-state index in [1.807, 2.05) is 0 Å². The molecule has 118 valence electrons. The van der Waals surface area contributed by atoms with Gasteiger partial charge in [0.25, 0.3) is 0 Å². The lowest BCUT2D eigenvalue weighted by molar-refractivity contribution is -0.000180. The largest absolute Gasteiger partial charge is 0.399 e. The molecule has 3 N–H and O–H groups in total. The van der Waals surface area contributed by atoms with Crippen molar-refractivity contribution in [3.05, 3.63) is 30.2 Å². The maximum atomic E-state index is 9.14. The van der Waals surface area contributed by atoms with Crippen molar-refractivity contribution in [3.8, 4) is 5.82 Å². The van der Waals surface area contributed by atoms with Gasteiger partial charge in [-0.15, -0.1) is 5.10 Å². The first-order valence-corrected chi connectivity index (χ1v) is 7.60. The highest BCUT2D eigenvalue weighted by molar-refractivity contribution is 5.42. The molecule has 0 spiro atoms. The molecule has 1 fully saturated rings. The van der Waals surface area contributed by atoms with Gasteiger partial charge in [-0.2, -0.15) is 0 Å². The average molecular weight is 303 g/mol. The van der Waals surface area contributed by atoms with E-state index in [1.54, 1.807) is 29.2 Å². The number of aliphatic hydroxyl groups is 1. The predicted octanol–water partition coefficient (Wildman–Crippen LogP) is 1.31. The van der Waals surface area contributed by atoms with E-state index in [4.69, 9.17) is 15.6 Å². The monoisotopic (exact) mass is 303 g/mol. The van der Waals surface area contributed by atoms with Gasteiger partial charge in [-0.1, -0.05) is 5.21 Å². The second-order valence-electron chi connectivity index (χ2n) is 5.74. The highest BCUT2D eigenvalue weighted by Gasteiger charge is 2.21. The van der Waals surface area contributed by atoms with Gasteiger partial charge in [0.2, 0.25) is 0 Å². The zero-order valence-corrected chi connectivity index (χ0v) is 12.4. The second-order valence-corrected chi connectivity index (χ2v) is 5.74. The summed E-state index contributed by atoms with van der Waals surface area (Å²) in [4.78, 5) is 4.21. The highest BCUT2D eigenvalue weighted by Crippen LogP contribution is 2.26. The lowest BCUT2D eigenvalue weighted by atomic mass is 9.88. The summed E-state index contributed by atoms with van der Waals surface area (Å²) < 4.78 is 7.49. The Balaban J connectivity index is 1.54. The quantitative estimate of drug-likeness (QED) is 0.864. The molecule has 2 aromatic heterocycles. The molecule has 7 nitrogen and oxygen atoms in total. The molecule has 0 bridgehead atoms. The first-order chi connectivity index (χ1) is 10.7. The van der Waals surface area contributed by atoms with E-state index in [0.29, 0.717) is 24.0 Å². The third-order valence-corrected chi connectivity index (χ3v) is 4.06. The number of anilines is 1. The average Bonchev–Trinajstić information content (AvgIpc) is 3.02. The van der Waals surface area contributed by atoms with Crippen molar-refractivity contribution in [3.63, 3.8) is 0 Å². The van der Waals surface area contributed by atoms with Gasteiger partial charge >= 0.3 is 0 Å². The molecule has 7 heteroatoms. The van der Waals surface area contributed by atoms with Gasteiger partial charge < -0.3 is 15.6 Å². The molecular formula is C15H21N5O2. The van der Waals surface area contributed by atoms with Crippen LogP contribution in [0.4, 0.5) is 5.69 Å². The Morgan fingerprint density at radius 2 is 2.14 bits per heavy atom. The number of ether oxygens (including phenoxy) is 1.